The number of benzene rings is 1. The van der Waals surface area contributed by atoms with Crippen molar-refractivity contribution >= 4 is 0 Å². The van der Waals surface area contributed by atoms with Crippen LogP contribution in [0.3, 0.4) is 0 Å². The van der Waals surface area contributed by atoms with E-state index in [1.165, 1.54) is 26.4 Å². The number of methoxy groups -OCH3 is 2. The topological polar surface area (TPSA) is 40.6 Å². The first-order valence-corrected chi connectivity index (χ1v) is 5.47. The van der Waals surface area contributed by atoms with Crippen molar-refractivity contribution in [2.24, 2.45) is 0 Å². The van der Waals surface area contributed by atoms with Gasteiger partial charge in [-0.1, -0.05) is 6.07 Å². The van der Waals surface area contributed by atoms with Gasteiger partial charge in [-0.3, -0.25) is 0 Å². The highest BCUT2D eigenvalue weighted by Crippen LogP contribution is 2.40. The zero-order valence-corrected chi connectivity index (χ0v) is 10.6. The van der Waals surface area contributed by atoms with Crippen LogP contribution in [0.5, 0.6) is 23.1 Å². The van der Waals surface area contributed by atoms with Gasteiger partial charge in [0.2, 0.25) is 5.75 Å². The van der Waals surface area contributed by atoms with Gasteiger partial charge in [0, 0.05) is 6.07 Å². The van der Waals surface area contributed by atoms with Crippen molar-refractivity contribution < 1.29 is 27.4 Å². The Kier molecular flexibility index (Phi) is 3.97. The van der Waals surface area contributed by atoms with Gasteiger partial charge in [0.25, 0.3) is 11.8 Å². The number of aromatic nitrogens is 1. The number of rotatable bonds is 4. The van der Waals surface area contributed by atoms with E-state index in [4.69, 9.17) is 14.2 Å². The van der Waals surface area contributed by atoms with E-state index in [2.05, 4.69) is 4.98 Å². The summed E-state index contributed by atoms with van der Waals surface area (Å²) < 4.78 is 54.6. The van der Waals surface area contributed by atoms with Gasteiger partial charge in [0.1, 0.15) is 0 Å². The molecule has 106 valence electrons. The van der Waals surface area contributed by atoms with Gasteiger partial charge in [-0.05, 0) is 12.1 Å². The molecule has 0 radical (unpaired) electrons. The summed E-state index contributed by atoms with van der Waals surface area (Å²) in [6.07, 6.45) is 0. The van der Waals surface area contributed by atoms with E-state index in [9.17, 15) is 13.2 Å². The number of para-hydroxylation sites is 1. The molecular formula is C13H10F3NO3. The summed E-state index contributed by atoms with van der Waals surface area (Å²) in [5, 5.41) is 0. The van der Waals surface area contributed by atoms with Gasteiger partial charge in [0.15, 0.2) is 23.1 Å². The summed E-state index contributed by atoms with van der Waals surface area (Å²) in [6, 6.07) is 5.05. The van der Waals surface area contributed by atoms with Crippen molar-refractivity contribution in [2.45, 2.75) is 0 Å². The van der Waals surface area contributed by atoms with Crippen LogP contribution in [0.25, 0.3) is 0 Å². The molecule has 0 N–H and O–H groups in total. The fourth-order valence-electron chi connectivity index (χ4n) is 1.51. The standard InChI is InChI=1S/C13H10F3NO3/c1-18-9-4-3-5-10(19-2)11(9)20-13-8(15)6-7(14)12(16)17-13/h3-6H,1-2H3. The Morgan fingerprint density at radius 1 is 0.950 bits per heavy atom. The molecule has 4 nitrogen and oxygen atoms in total. The number of hydrogen-bond donors (Lipinski definition) is 0. The van der Waals surface area contributed by atoms with Crippen LogP contribution >= 0.6 is 0 Å². The average Bonchev–Trinajstić information content (AvgIpc) is 2.44. The molecule has 0 fully saturated rings. The molecule has 0 unspecified atom stereocenters. The number of hydrogen-bond acceptors (Lipinski definition) is 4. The van der Waals surface area contributed by atoms with Crippen LogP contribution in [0.15, 0.2) is 24.3 Å². The maximum Gasteiger partial charge on any atom is 0.259 e. The zero-order chi connectivity index (χ0) is 14.7. The SMILES string of the molecule is COc1cccc(OC)c1Oc1nc(F)c(F)cc1F. The fraction of sp³-hybridized carbons (Fsp3) is 0.154. The van der Waals surface area contributed by atoms with Gasteiger partial charge < -0.3 is 14.2 Å². The Morgan fingerprint density at radius 3 is 2.10 bits per heavy atom. The zero-order valence-electron chi connectivity index (χ0n) is 10.6. The molecule has 1 aromatic carbocycles. The van der Waals surface area contributed by atoms with Gasteiger partial charge in [-0.25, -0.2) is 8.78 Å². The summed E-state index contributed by atoms with van der Waals surface area (Å²) in [5.41, 5.74) is 0. The molecule has 2 aromatic rings. The van der Waals surface area contributed by atoms with Gasteiger partial charge in [0.05, 0.1) is 14.2 Å². The Hall–Kier alpha value is -2.44. The van der Waals surface area contributed by atoms with E-state index in [-0.39, 0.29) is 17.2 Å². The molecule has 2 rings (SSSR count). The van der Waals surface area contributed by atoms with Crippen molar-refractivity contribution in [3.8, 4) is 23.1 Å². The first-order chi connectivity index (χ1) is 9.56. The fourth-order valence-corrected chi connectivity index (χ4v) is 1.51. The minimum atomic E-state index is -1.46. The van der Waals surface area contributed by atoms with E-state index in [1.807, 2.05) is 0 Å². The number of nitrogens with zero attached hydrogens (tertiary/aromatic N) is 1. The minimum absolute atomic E-state index is 0.00917. The highest BCUT2D eigenvalue weighted by atomic mass is 19.2. The van der Waals surface area contributed by atoms with E-state index < -0.39 is 23.5 Å². The van der Waals surface area contributed by atoms with E-state index >= 15 is 0 Å². The Labute approximate surface area is 112 Å². The largest absolute Gasteiger partial charge is 0.493 e. The molecular weight excluding hydrogens is 275 g/mol. The maximum absolute atomic E-state index is 13.5. The molecule has 0 spiro atoms. The lowest BCUT2D eigenvalue weighted by Crippen LogP contribution is -2.00. The normalized spacial score (nSPS) is 10.2. The highest BCUT2D eigenvalue weighted by Gasteiger charge is 2.18. The maximum atomic E-state index is 13.5. The van der Waals surface area contributed by atoms with Crippen molar-refractivity contribution in [1.82, 2.24) is 4.98 Å². The summed E-state index contributed by atoms with van der Waals surface area (Å²) in [4.78, 5) is 3.07. The molecule has 0 aliphatic heterocycles. The van der Waals surface area contributed by atoms with Crippen LogP contribution in [0, 0.1) is 17.6 Å². The molecule has 0 saturated carbocycles. The number of pyridine rings is 1. The predicted molar refractivity (Wildman–Crippen MR) is 63.7 cm³/mol. The third kappa shape index (κ3) is 2.61. The summed E-state index contributed by atoms with van der Waals surface area (Å²) >= 11 is 0. The van der Waals surface area contributed by atoms with Crippen LogP contribution < -0.4 is 14.2 Å². The minimum Gasteiger partial charge on any atom is -0.493 e. The third-order valence-electron chi connectivity index (χ3n) is 2.44. The Balaban J connectivity index is 2.47. The molecule has 0 saturated heterocycles. The number of halogens is 3. The Bertz CT molecular complexity index is 612. The van der Waals surface area contributed by atoms with Crippen molar-refractivity contribution in [1.29, 1.82) is 0 Å². The predicted octanol–water partition coefficient (Wildman–Crippen LogP) is 3.31. The van der Waals surface area contributed by atoms with Crippen molar-refractivity contribution in [3.05, 3.63) is 41.8 Å². The third-order valence-corrected chi connectivity index (χ3v) is 2.44. The van der Waals surface area contributed by atoms with Crippen LogP contribution in [-0.4, -0.2) is 19.2 Å². The monoisotopic (exact) mass is 285 g/mol. The molecule has 1 aromatic heterocycles. The first-order valence-electron chi connectivity index (χ1n) is 5.47. The summed E-state index contributed by atoms with van der Waals surface area (Å²) in [6.45, 7) is 0. The second-order valence-corrected chi connectivity index (χ2v) is 3.64. The summed E-state index contributed by atoms with van der Waals surface area (Å²) in [7, 11) is 2.74. The van der Waals surface area contributed by atoms with Gasteiger partial charge >= 0.3 is 0 Å². The van der Waals surface area contributed by atoms with Crippen molar-refractivity contribution in [2.75, 3.05) is 14.2 Å². The molecule has 0 atom stereocenters. The highest BCUT2D eigenvalue weighted by molar-refractivity contribution is 5.52. The average molecular weight is 285 g/mol. The van der Waals surface area contributed by atoms with E-state index in [0.29, 0.717) is 6.07 Å². The van der Waals surface area contributed by atoms with E-state index in [1.54, 1.807) is 6.07 Å². The summed E-state index contributed by atoms with van der Waals surface area (Å²) in [5.74, 6) is -4.25. The molecule has 7 heteroatoms. The van der Waals surface area contributed by atoms with E-state index in [0.717, 1.165) is 0 Å². The quantitative estimate of drug-likeness (QED) is 0.808. The molecule has 1 heterocycles. The lowest BCUT2D eigenvalue weighted by atomic mass is 10.3. The second kappa shape index (κ2) is 5.68. The molecule has 0 bridgehead atoms. The smallest absolute Gasteiger partial charge is 0.259 e. The molecule has 0 amide bonds. The lowest BCUT2D eigenvalue weighted by Gasteiger charge is -2.13. The number of ether oxygens (including phenoxy) is 3. The van der Waals surface area contributed by atoms with Gasteiger partial charge in [-0.2, -0.15) is 9.37 Å². The van der Waals surface area contributed by atoms with Crippen LogP contribution in [0.4, 0.5) is 13.2 Å². The molecule has 20 heavy (non-hydrogen) atoms. The lowest BCUT2D eigenvalue weighted by molar-refractivity contribution is 0.327. The van der Waals surface area contributed by atoms with Crippen LogP contribution in [0.1, 0.15) is 0 Å². The first kappa shape index (κ1) is 14.0. The Morgan fingerprint density at radius 2 is 1.55 bits per heavy atom. The second-order valence-electron chi connectivity index (χ2n) is 3.64. The van der Waals surface area contributed by atoms with Crippen LogP contribution in [0.2, 0.25) is 0 Å². The van der Waals surface area contributed by atoms with Crippen molar-refractivity contribution in [3.63, 3.8) is 0 Å². The molecule has 0 aliphatic carbocycles. The van der Waals surface area contributed by atoms with Crippen LogP contribution in [-0.2, 0) is 0 Å². The molecule has 0 aliphatic rings. The van der Waals surface area contributed by atoms with Gasteiger partial charge in [-0.15, -0.1) is 0 Å².